The van der Waals surface area contributed by atoms with Gasteiger partial charge in [-0.3, -0.25) is 9.78 Å². The summed E-state index contributed by atoms with van der Waals surface area (Å²) in [5, 5.41) is 12.4. The smallest absolute Gasteiger partial charge is 0.280 e. The molecule has 7 nitrogen and oxygen atoms in total. The molecular weight excluding hydrogens is 282 g/mol. The first kappa shape index (κ1) is 14.8. The van der Waals surface area contributed by atoms with Crippen molar-refractivity contribution in [1.82, 2.24) is 19.5 Å². The van der Waals surface area contributed by atoms with Gasteiger partial charge in [-0.25, -0.2) is 4.98 Å². The van der Waals surface area contributed by atoms with Crippen molar-refractivity contribution in [2.45, 2.75) is 26.3 Å². The second kappa shape index (κ2) is 5.57. The van der Waals surface area contributed by atoms with Gasteiger partial charge in [-0.15, -0.1) is 0 Å². The summed E-state index contributed by atoms with van der Waals surface area (Å²) in [4.78, 5) is 23.5. The van der Waals surface area contributed by atoms with Crippen LogP contribution in [0, 0.1) is 11.8 Å². The summed E-state index contributed by atoms with van der Waals surface area (Å²) in [5.74, 6) is 1.03. The van der Waals surface area contributed by atoms with Gasteiger partial charge in [-0.05, 0) is 17.9 Å². The van der Waals surface area contributed by atoms with Gasteiger partial charge in [0.05, 0.1) is 12.4 Å². The van der Waals surface area contributed by atoms with Crippen molar-refractivity contribution in [2.24, 2.45) is 11.8 Å². The minimum atomic E-state index is -0.251. The van der Waals surface area contributed by atoms with E-state index in [2.05, 4.69) is 40.7 Å². The lowest BCUT2D eigenvalue weighted by Crippen LogP contribution is -2.32. The van der Waals surface area contributed by atoms with E-state index in [-0.39, 0.29) is 24.1 Å². The number of aromatic amines is 1. The lowest BCUT2D eigenvalue weighted by atomic mass is 9.76. The summed E-state index contributed by atoms with van der Waals surface area (Å²) in [7, 11) is 0. The number of nitrogens with zero attached hydrogens (tertiary/aromatic N) is 3. The van der Waals surface area contributed by atoms with Crippen LogP contribution in [0.1, 0.15) is 26.3 Å². The monoisotopic (exact) mass is 303 g/mol. The van der Waals surface area contributed by atoms with Crippen LogP contribution in [0.2, 0.25) is 0 Å². The van der Waals surface area contributed by atoms with Crippen molar-refractivity contribution in [2.75, 3.05) is 18.5 Å². The van der Waals surface area contributed by atoms with Crippen molar-refractivity contribution in [3.63, 3.8) is 0 Å². The Kier molecular flexibility index (Phi) is 3.74. The van der Waals surface area contributed by atoms with E-state index in [1.807, 2.05) is 4.57 Å². The Balaban J connectivity index is 1.95. The second-order valence-electron chi connectivity index (χ2n) is 6.22. The average molecular weight is 303 g/mol. The third-order valence-electron chi connectivity index (χ3n) is 4.13. The van der Waals surface area contributed by atoms with Crippen molar-refractivity contribution in [1.29, 1.82) is 0 Å². The number of aromatic nitrogens is 4. The number of nitrogens with one attached hydrogen (secondary N) is 2. The highest BCUT2D eigenvalue weighted by molar-refractivity contribution is 5.71. The third kappa shape index (κ3) is 2.41. The molecule has 0 bridgehead atoms. The van der Waals surface area contributed by atoms with Gasteiger partial charge >= 0.3 is 0 Å². The largest absolute Gasteiger partial charge is 0.396 e. The van der Waals surface area contributed by atoms with Crippen LogP contribution < -0.4 is 10.9 Å². The molecule has 0 spiro atoms. The van der Waals surface area contributed by atoms with Crippen LogP contribution in [0.25, 0.3) is 11.2 Å². The van der Waals surface area contributed by atoms with Gasteiger partial charge < -0.3 is 15.0 Å². The summed E-state index contributed by atoms with van der Waals surface area (Å²) < 4.78 is 1.87. The number of aliphatic hydroxyl groups excluding tert-OH is 1. The zero-order chi connectivity index (χ0) is 15.9. The molecule has 1 saturated carbocycles. The maximum absolute atomic E-state index is 12.1. The Morgan fingerprint density at radius 3 is 3.00 bits per heavy atom. The minimum Gasteiger partial charge on any atom is -0.396 e. The number of hydrogen-bond donors (Lipinski definition) is 3. The van der Waals surface area contributed by atoms with Crippen LogP contribution in [0.5, 0.6) is 0 Å². The molecule has 2 aromatic rings. The topological polar surface area (TPSA) is 95.8 Å². The zero-order valence-corrected chi connectivity index (χ0v) is 12.8. The Labute approximate surface area is 128 Å². The average Bonchev–Trinajstić information content (AvgIpc) is 2.88. The SMILES string of the molecule is C=C1[C@@H](CO)C[C@H]1n1cnc2c(=O)[nH]c(NCC(C)C)nc21. The molecule has 7 heteroatoms. The highest BCUT2D eigenvalue weighted by Crippen LogP contribution is 2.42. The number of H-pyrrole nitrogens is 1. The molecule has 0 unspecified atom stereocenters. The molecule has 3 rings (SSSR count). The fourth-order valence-corrected chi connectivity index (χ4v) is 2.71. The molecule has 1 fully saturated rings. The maximum atomic E-state index is 12.1. The van der Waals surface area contributed by atoms with Crippen LogP contribution in [0.15, 0.2) is 23.3 Å². The van der Waals surface area contributed by atoms with Gasteiger partial charge in [0.25, 0.3) is 5.56 Å². The van der Waals surface area contributed by atoms with Crippen LogP contribution >= 0.6 is 0 Å². The Bertz CT molecular complexity index is 761. The van der Waals surface area contributed by atoms with E-state index in [0.29, 0.717) is 23.0 Å². The molecule has 0 radical (unpaired) electrons. The van der Waals surface area contributed by atoms with Gasteiger partial charge in [0, 0.05) is 19.1 Å². The van der Waals surface area contributed by atoms with Crippen LogP contribution in [-0.4, -0.2) is 37.8 Å². The first-order valence-electron chi connectivity index (χ1n) is 7.51. The third-order valence-corrected chi connectivity index (χ3v) is 4.13. The summed E-state index contributed by atoms with van der Waals surface area (Å²) in [6.07, 6.45) is 2.42. The quantitative estimate of drug-likeness (QED) is 0.724. The van der Waals surface area contributed by atoms with E-state index in [4.69, 9.17) is 0 Å². The Morgan fingerprint density at radius 2 is 2.36 bits per heavy atom. The van der Waals surface area contributed by atoms with Crippen LogP contribution in [0.4, 0.5) is 5.95 Å². The fraction of sp³-hybridized carbons (Fsp3) is 0.533. The van der Waals surface area contributed by atoms with Crippen molar-refractivity contribution < 1.29 is 5.11 Å². The number of fused-ring (bicyclic) bond motifs is 1. The first-order chi connectivity index (χ1) is 10.5. The molecule has 0 aliphatic heterocycles. The molecule has 3 N–H and O–H groups in total. The lowest BCUT2D eigenvalue weighted by molar-refractivity contribution is 0.180. The van der Waals surface area contributed by atoms with Crippen molar-refractivity contribution in [3.05, 3.63) is 28.8 Å². The number of rotatable bonds is 5. The predicted molar refractivity (Wildman–Crippen MR) is 84.8 cm³/mol. The van der Waals surface area contributed by atoms with Gasteiger partial charge in [-0.1, -0.05) is 20.4 Å². The summed E-state index contributed by atoms with van der Waals surface area (Å²) >= 11 is 0. The molecule has 2 atom stereocenters. The maximum Gasteiger partial charge on any atom is 0.280 e. The molecule has 0 amide bonds. The number of hydrogen-bond acceptors (Lipinski definition) is 5. The van der Waals surface area contributed by atoms with E-state index in [9.17, 15) is 9.90 Å². The molecule has 118 valence electrons. The lowest BCUT2D eigenvalue weighted by Gasteiger charge is -2.38. The number of aliphatic hydroxyl groups is 1. The molecule has 2 heterocycles. The van der Waals surface area contributed by atoms with Crippen molar-refractivity contribution >= 4 is 17.1 Å². The molecule has 1 aliphatic rings. The van der Waals surface area contributed by atoms with Crippen molar-refractivity contribution in [3.8, 4) is 0 Å². The summed E-state index contributed by atoms with van der Waals surface area (Å²) in [6.45, 7) is 9.03. The molecular formula is C15H21N5O2. The second-order valence-corrected chi connectivity index (χ2v) is 6.22. The minimum absolute atomic E-state index is 0.0504. The van der Waals surface area contributed by atoms with Gasteiger partial charge in [0.15, 0.2) is 11.2 Å². The highest BCUT2D eigenvalue weighted by atomic mass is 16.3. The normalized spacial score (nSPS) is 21.4. The Hall–Kier alpha value is -2.15. The first-order valence-corrected chi connectivity index (χ1v) is 7.51. The number of imidazole rings is 1. The van der Waals surface area contributed by atoms with Gasteiger partial charge in [0.1, 0.15) is 0 Å². The van der Waals surface area contributed by atoms with E-state index in [1.54, 1.807) is 6.33 Å². The Morgan fingerprint density at radius 1 is 1.59 bits per heavy atom. The molecule has 1 aliphatic carbocycles. The fourth-order valence-electron chi connectivity index (χ4n) is 2.71. The van der Waals surface area contributed by atoms with E-state index < -0.39 is 0 Å². The van der Waals surface area contributed by atoms with E-state index >= 15 is 0 Å². The van der Waals surface area contributed by atoms with E-state index in [1.165, 1.54) is 0 Å². The molecule has 0 saturated heterocycles. The number of anilines is 1. The zero-order valence-electron chi connectivity index (χ0n) is 12.8. The standard InChI is InChI=1S/C15H21N5O2/c1-8(2)5-16-15-18-13-12(14(22)19-15)17-7-20(13)11-4-10(6-21)9(11)3/h7-8,10-11,21H,3-6H2,1-2H3,(H2,16,18,19,22)/t10-,11-/m1/s1. The van der Waals surface area contributed by atoms with Gasteiger partial charge in [-0.2, -0.15) is 4.98 Å². The van der Waals surface area contributed by atoms with Crippen LogP contribution in [0.3, 0.4) is 0 Å². The summed E-state index contributed by atoms with van der Waals surface area (Å²) in [5.41, 5.74) is 1.59. The highest BCUT2D eigenvalue weighted by Gasteiger charge is 2.35. The molecule has 22 heavy (non-hydrogen) atoms. The molecule has 2 aromatic heterocycles. The predicted octanol–water partition coefficient (Wildman–Crippen LogP) is 1.30. The van der Waals surface area contributed by atoms with Crippen LogP contribution in [-0.2, 0) is 0 Å². The van der Waals surface area contributed by atoms with E-state index in [0.717, 1.165) is 18.5 Å². The van der Waals surface area contributed by atoms with Gasteiger partial charge in [0.2, 0.25) is 5.95 Å². The summed E-state index contributed by atoms with van der Waals surface area (Å²) in [6, 6.07) is 0.0504. The molecule has 0 aromatic carbocycles.